The molecule has 0 radical (unpaired) electrons. The minimum absolute atomic E-state index is 0.557. The Kier molecular flexibility index (Phi) is 3.54. The summed E-state index contributed by atoms with van der Waals surface area (Å²) in [4.78, 5) is 5.28. The quantitative estimate of drug-likeness (QED) is 0.599. The maximum absolute atomic E-state index is 5.28. The molecule has 0 atom stereocenters. The summed E-state index contributed by atoms with van der Waals surface area (Å²) >= 11 is 0. The molecule has 0 amide bonds. The zero-order valence-corrected chi connectivity index (χ0v) is 8.35. The van der Waals surface area contributed by atoms with E-state index >= 15 is 0 Å². The van der Waals surface area contributed by atoms with Gasteiger partial charge in [0, 0.05) is 0 Å². The summed E-state index contributed by atoms with van der Waals surface area (Å²) in [5.74, 6) is 0.864. The molecule has 3 nitrogen and oxygen atoms in total. The van der Waals surface area contributed by atoms with Crippen molar-refractivity contribution >= 4 is 0 Å². The van der Waals surface area contributed by atoms with E-state index in [1.807, 2.05) is 42.5 Å². The van der Waals surface area contributed by atoms with Crippen LogP contribution in [0, 0.1) is 0 Å². The predicted molar refractivity (Wildman–Crippen MR) is 56.8 cm³/mol. The molecule has 0 aliphatic rings. The third kappa shape index (κ3) is 3.23. The third-order valence-corrected chi connectivity index (χ3v) is 2.01. The zero-order chi connectivity index (χ0) is 10.3. The molecule has 0 saturated heterocycles. The van der Waals surface area contributed by atoms with E-state index in [-0.39, 0.29) is 0 Å². The van der Waals surface area contributed by atoms with Crippen molar-refractivity contribution in [1.82, 2.24) is 5.48 Å². The second-order valence-corrected chi connectivity index (χ2v) is 3.17. The van der Waals surface area contributed by atoms with Crippen molar-refractivity contribution in [3.8, 4) is 0 Å². The van der Waals surface area contributed by atoms with Crippen molar-refractivity contribution in [1.29, 1.82) is 0 Å². The van der Waals surface area contributed by atoms with Crippen LogP contribution in [0.5, 0.6) is 0 Å². The number of nitrogens with one attached hydrogen (secondary N) is 1. The van der Waals surface area contributed by atoms with Gasteiger partial charge in [0.2, 0.25) is 0 Å². The molecule has 78 valence electrons. The van der Waals surface area contributed by atoms with Gasteiger partial charge in [0.15, 0.2) is 0 Å². The first-order valence-corrected chi connectivity index (χ1v) is 4.86. The number of hydroxylamine groups is 1. The van der Waals surface area contributed by atoms with Crippen LogP contribution in [-0.4, -0.2) is 0 Å². The first kappa shape index (κ1) is 9.96. The lowest BCUT2D eigenvalue weighted by atomic mass is 10.2. The highest BCUT2D eigenvalue weighted by molar-refractivity contribution is 5.13. The molecular formula is C12H13NO2. The van der Waals surface area contributed by atoms with Crippen LogP contribution in [0.4, 0.5) is 0 Å². The third-order valence-electron chi connectivity index (χ3n) is 2.01. The molecule has 2 aromatic rings. The molecule has 1 aromatic heterocycles. The van der Waals surface area contributed by atoms with Gasteiger partial charge in [-0.15, -0.1) is 0 Å². The summed E-state index contributed by atoms with van der Waals surface area (Å²) in [6.45, 7) is 1.14. The summed E-state index contributed by atoms with van der Waals surface area (Å²) in [6, 6.07) is 13.8. The van der Waals surface area contributed by atoms with Crippen molar-refractivity contribution < 1.29 is 9.25 Å². The highest BCUT2D eigenvalue weighted by Crippen LogP contribution is 2.01. The molecular weight excluding hydrogens is 190 g/mol. The van der Waals surface area contributed by atoms with Crippen molar-refractivity contribution in [3.05, 3.63) is 60.1 Å². The second-order valence-electron chi connectivity index (χ2n) is 3.17. The Hall–Kier alpha value is -1.58. The largest absolute Gasteiger partial charge is 0.468 e. The number of hydrogen-bond acceptors (Lipinski definition) is 3. The van der Waals surface area contributed by atoms with Crippen LogP contribution in [0.3, 0.4) is 0 Å². The molecule has 1 heterocycles. The van der Waals surface area contributed by atoms with Crippen molar-refractivity contribution in [3.63, 3.8) is 0 Å². The monoisotopic (exact) mass is 203 g/mol. The Morgan fingerprint density at radius 3 is 2.67 bits per heavy atom. The maximum atomic E-state index is 5.28. The van der Waals surface area contributed by atoms with E-state index in [1.54, 1.807) is 6.26 Å². The van der Waals surface area contributed by atoms with E-state index in [4.69, 9.17) is 9.25 Å². The van der Waals surface area contributed by atoms with Crippen LogP contribution in [-0.2, 0) is 18.0 Å². The number of benzene rings is 1. The smallest absolute Gasteiger partial charge is 0.119 e. The lowest BCUT2D eigenvalue weighted by Crippen LogP contribution is -2.13. The minimum Gasteiger partial charge on any atom is -0.468 e. The predicted octanol–water partition coefficient (Wildman–Crippen LogP) is 2.50. The van der Waals surface area contributed by atoms with E-state index in [2.05, 4.69) is 5.48 Å². The van der Waals surface area contributed by atoms with Gasteiger partial charge in [0.1, 0.15) is 5.76 Å². The maximum Gasteiger partial charge on any atom is 0.119 e. The van der Waals surface area contributed by atoms with Crippen molar-refractivity contribution in [2.24, 2.45) is 0 Å². The Morgan fingerprint density at radius 2 is 1.93 bits per heavy atom. The SMILES string of the molecule is c1ccc(CONCc2ccco2)cc1. The van der Waals surface area contributed by atoms with Gasteiger partial charge in [-0.05, 0) is 17.7 Å². The fraction of sp³-hybridized carbons (Fsp3) is 0.167. The molecule has 0 fully saturated rings. The van der Waals surface area contributed by atoms with Gasteiger partial charge >= 0.3 is 0 Å². The van der Waals surface area contributed by atoms with Gasteiger partial charge in [0.05, 0.1) is 19.4 Å². The van der Waals surface area contributed by atoms with Gasteiger partial charge in [-0.1, -0.05) is 30.3 Å². The average molecular weight is 203 g/mol. The second kappa shape index (κ2) is 5.34. The lowest BCUT2D eigenvalue weighted by molar-refractivity contribution is 0.0202. The van der Waals surface area contributed by atoms with Gasteiger partial charge in [0.25, 0.3) is 0 Å². The zero-order valence-electron chi connectivity index (χ0n) is 8.35. The van der Waals surface area contributed by atoms with E-state index in [1.165, 1.54) is 0 Å². The van der Waals surface area contributed by atoms with Crippen LogP contribution < -0.4 is 5.48 Å². The Labute approximate surface area is 88.6 Å². The van der Waals surface area contributed by atoms with E-state index in [0.717, 1.165) is 11.3 Å². The molecule has 0 saturated carbocycles. The van der Waals surface area contributed by atoms with Gasteiger partial charge < -0.3 is 4.42 Å². The summed E-state index contributed by atoms with van der Waals surface area (Å²) < 4.78 is 5.14. The standard InChI is InChI=1S/C12H13NO2/c1-2-5-11(6-3-1)10-15-13-9-12-7-4-8-14-12/h1-8,13H,9-10H2. The molecule has 3 heteroatoms. The molecule has 0 bridgehead atoms. The first-order valence-electron chi connectivity index (χ1n) is 4.86. The molecule has 1 aromatic carbocycles. The summed E-state index contributed by atoms with van der Waals surface area (Å²) in [7, 11) is 0. The molecule has 1 N–H and O–H groups in total. The van der Waals surface area contributed by atoms with E-state index in [9.17, 15) is 0 Å². The minimum atomic E-state index is 0.557. The Balaban J connectivity index is 1.68. The fourth-order valence-corrected chi connectivity index (χ4v) is 1.24. The Bertz CT molecular complexity index is 370. The van der Waals surface area contributed by atoms with Crippen LogP contribution in [0.15, 0.2) is 53.1 Å². The summed E-state index contributed by atoms with van der Waals surface area (Å²) in [6.07, 6.45) is 1.65. The molecule has 0 aliphatic carbocycles. The topological polar surface area (TPSA) is 34.4 Å². The van der Waals surface area contributed by atoms with E-state index < -0.39 is 0 Å². The molecule has 0 aliphatic heterocycles. The van der Waals surface area contributed by atoms with Crippen LogP contribution in [0.25, 0.3) is 0 Å². The van der Waals surface area contributed by atoms with Crippen LogP contribution in [0.1, 0.15) is 11.3 Å². The Morgan fingerprint density at radius 1 is 1.07 bits per heavy atom. The van der Waals surface area contributed by atoms with Gasteiger partial charge in [-0.3, -0.25) is 4.84 Å². The molecule has 0 unspecified atom stereocenters. The first-order chi connectivity index (χ1) is 7.45. The lowest BCUT2D eigenvalue weighted by Gasteiger charge is -2.03. The highest BCUT2D eigenvalue weighted by Gasteiger charge is 1.95. The number of hydrogen-bond donors (Lipinski definition) is 1. The molecule has 0 spiro atoms. The van der Waals surface area contributed by atoms with Crippen LogP contribution in [0.2, 0.25) is 0 Å². The van der Waals surface area contributed by atoms with Gasteiger partial charge in [-0.2, -0.15) is 5.48 Å². The fourth-order valence-electron chi connectivity index (χ4n) is 1.24. The average Bonchev–Trinajstić information content (AvgIpc) is 2.79. The van der Waals surface area contributed by atoms with Crippen molar-refractivity contribution in [2.45, 2.75) is 13.2 Å². The summed E-state index contributed by atoms with van der Waals surface area (Å²) in [5, 5.41) is 0. The normalized spacial score (nSPS) is 10.4. The van der Waals surface area contributed by atoms with Crippen LogP contribution >= 0.6 is 0 Å². The van der Waals surface area contributed by atoms with Crippen molar-refractivity contribution in [2.75, 3.05) is 0 Å². The number of furan rings is 1. The number of rotatable bonds is 5. The summed E-state index contributed by atoms with van der Waals surface area (Å²) in [5.41, 5.74) is 3.99. The highest BCUT2D eigenvalue weighted by atomic mass is 16.6. The van der Waals surface area contributed by atoms with Gasteiger partial charge in [-0.25, -0.2) is 0 Å². The van der Waals surface area contributed by atoms with E-state index in [0.29, 0.717) is 13.2 Å². The molecule has 2 rings (SSSR count). The molecule has 15 heavy (non-hydrogen) atoms.